The minimum atomic E-state index is -0.492. The molecule has 1 fully saturated rings. The standard InChI is InChI=1S/C25H28FN3O4/c1-31-20-10-8-19(9-11-20)28-12-14-29(15-13-28)22(24-7-4-16-32-24)17-27-25(30)18-33-23-6-3-2-5-21(23)26/h2-11,16,22H,12-15,17-18H2,1H3,(H,27,30). The van der Waals surface area contributed by atoms with Crippen molar-refractivity contribution in [3.05, 3.63) is 78.5 Å². The topological polar surface area (TPSA) is 67.2 Å². The van der Waals surface area contributed by atoms with Crippen LogP contribution in [-0.2, 0) is 4.79 Å². The van der Waals surface area contributed by atoms with Crippen molar-refractivity contribution in [1.29, 1.82) is 0 Å². The van der Waals surface area contributed by atoms with Crippen molar-refractivity contribution in [1.82, 2.24) is 10.2 Å². The first-order valence-corrected chi connectivity index (χ1v) is 10.9. The van der Waals surface area contributed by atoms with Crippen LogP contribution in [0.2, 0.25) is 0 Å². The van der Waals surface area contributed by atoms with Gasteiger partial charge in [-0.25, -0.2) is 4.39 Å². The van der Waals surface area contributed by atoms with Gasteiger partial charge < -0.3 is 24.1 Å². The summed E-state index contributed by atoms with van der Waals surface area (Å²) in [6.45, 7) is 3.46. The maximum atomic E-state index is 13.7. The first-order chi connectivity index (χ1) is 16.1. The van der Waals surface area contributed by atoms with Gasteiger partial charge in [0.15, 0.2) is 18.2 Å². The Kier molecular flexibility index (Phi) is 7.47. The number of nitrogens with zero attached hydrogens (tertiary/aromatic N) is 2. The number of carbonyl (C=O) groups excluding carboxylic acids is 1. The van der Waals surface area contributed by atoms with E-state index in [1.807, 2.05) is 24.3 Å². The Morgan fingerprint density at radius 2 is 1.82 bits per heavy atom. The summed E-state index contributed by atoms with van der Waals surface area (Å²) >= 11 is 0. The summed E-state index contributed by atoms with van der Waals surface area (Å²) in [4.78, 5) is 17.0. The quantitative estimate of drug-likeness (QED) is 0.535. The number of halogens is 1. The van der Waals surface area contributed by atoms with Gasteiger partial charge in [0.2, 0.25) is 0 Å². The van der Waals surface area contributed by atoms with Crippen LogP contribution in [0.15, 0.2) is 71.3 Å². The molecule has 3 aromatic rings. The third kappa shape index (κ3) is 5.84. The smallest absolute Gasteiger partial charge is 0.258 e. The van der Waals surface area contributed by atoms with Gasteiger partial charge in [-0.05, 0) is 48.5 Å². The molecule has 1 aromatic heterocycles. The van der Waals surface area contributed by atoms with Crippen molar-refractivity contribution in [2.24, 2.45) is 0 Å². The maximum absolute atomic E-state index is 13.7. The van der Waals surface area contributed by atoms with E-state index in [9.17, 15) is 9.18 Å². The van der Waals surface area contributed by atoms with Crippen molar-refractivity contribution in [3.63, 3.8) is 0 Å². The van der Waals surface area contributed by atoms with E-state index in [1.54, 1.807) is 25.5 Å². The van der Waals surface area contributed by atoms with Crippen molar-refractivity contribution in [2.75, 3.05) is 51.3 Å². The van der Waals surface area contributed by atoms with Crippen LogP contribution in [0, 0.1) is 5.82 Å². The molecular formula is C25H28FN3O4. The van der Waals surface area contributed by atoms with Gasteiger partial charge in [0, 0.05) is 38.4 Å². The van der Waals surface area contributed by atoms with Gasteiger partial charge in [-0.15, -0.1) is 0 Å². The second kappa shape index (κ2) is 10.9. The number of carbonyl (C=O) groups is 1. The zero-order chi connectivity index (χ0) is 23.0. The van der Waals surface area contributed by atoms with Crippen molar-refractivity contribution in [2.45, 2.75) is 6.04 Å². The largest absolute Gasteiger partial charge is 0.497 e. The highest BCUT2D eigenvalue weighted by Gasteiger charge is 2.27. The molecule has 33 heavy (non-hydrogen) atoms. The fraction of sp³-hybridized carbons (Fsp3) is 0.320. The predicted molar refractivity (Wildman–Crippen MR) is 123 cm³/mol. The summed E-state index contributed by atoms with van der Waals surface area (Å²) in [7, 11) is 1.66. The number of hydrogen-bond acceptors (Lipinski definition) is 6. The summed E-state index contributed by atoms with van der Waals surface area (Å²) in [6, 6.07) is 17.8. The molecule has 1 aliphatic rings. The van der Waals surface area contributed by atoms with E-state index in [1.165, 1.54) is 12.1 Å². The molecule has 1 aliphatic heterocycles. The number of para-hydroxylation sites is 1. The second-order valence-electron chi connectivity index (χ2n) is 7.78. The summed E-state index contributed by atoms with van der Waals surface area (Å²) in [5, 5.41) is 2.90. The Morgan fingerprint density at radius 1 is 1.06 bits per heavy atom. The molecule has 0 bridgehead atoms. The molecule has 1 unspecified atom stereocenters. The van der Waals surface area contributed by atoms with Gasteiger partial charge in [0.05, 0.1) is 19.4 Å². The SMILES string of the molecule is COc1ccc(N2CCN(C(CNC(=O)COc3ccccc3F)c3ccco3)CC2)cc1. The molecule has 0 saturated carbocycles. The first kappa shape index (κ1) is 22.7. The van der Waals surface area contributed by atoms with Gasteiger partial charge in [0.1, 0.15) is 11.5 Å². The molecule has 174 valence electrons. The van der Waals surface area contributed by atoms with Crippen LogP contribution in [0.4, 0.5) is 10.1 Å². The fourth-order valence-electron chi connectivity index (χ4n) is 3.94. The number of piperazine rings is 1. The van der Waals surface area contributed by atoms with Crippen LogP contribution in [-0.4, -0.2) is 57.2 Å². The third-order valence-electron chi connectivity index (χ3n) is 5.75. The van der Waals surface area contributed by atoms with Gasteiger partial charge in [-0.1, -0.05) is 12.1 Å². The molecule has 8 heteroatoms. The van der Waals surface area contributed by atoms with Gasteiger partial charge in [-0.2, -0.15) is 0 Å². The molecule has 2 heterocycles. The van der Waals surface area contributed by atoms with Crippen LogP contribution in [0.5, 0.6) is 11.5 Å². The lowest BCUT2D eigenvalue weighted by molar-refractivity contribution is -0.123. The lowest BCUT2D eigenvalue weighted by Gasteiger charge is -2.39. The molecule has 1 amide bonds. The Balaban J connectivity index is 1.32. The van der Waals surface area contributed by atoms with E-state index in [4.69, 9.17) is 13.9 Å². The monoisotopic (exact) mass is 453 g/mol. The zero-order valence-corrected chi connectivity index (χ0v) is 18.6. The van der Waals surface area contributed by atoms with Gasteiger partial charge in [-0.3, -0.25) is 9.69 Å². The molecule has 0 radical (unpaired) electrons. The molecule has 0 aliphatic carbocycles. The number of amides is 1. The molecule has 2 aromatic carbocycles. The lowest BCUT2D eigenvalue weighted by atomic mass is 10.1. The zero-order valence-electron chi connectivity index (χ0n) is 18.6. The molecule has 1 atom stereocenters. The minimum Gasteiger partial charge on any atom is -0.497 e. The predicted octanol–water partition coefficient (Wildman–Crippen LogP) is 3.49. The second-order valence-corrected chi connectivity index (χ2v) is 7.78. The summed E-state index contributed by atoms with van der Waals surface area (Å²) in [6.07, 6.45) is 1.64. The highest BCUT2D eigenvalue weighted by molar-refractivity contribution is 5.77. The normalized spacial score (nSPS) is 15.2. The number of hydrogen-bond donors (Lipinski definition) is 1. The average molecular weight is 454 g/mol. The Bertz CT molecular complexity index is 1020. The number of furan rings is 1. The number of anilines is 1. The van der Waals surface area contributed by atoms with E-state index in [2.05, 4.69) is 27.2 Å². The average Bonchev–Trinajstić information content (AvgIpc) is 3.39. The molecule has 0 spiro atoms. The van der Waals surface area contributed by atoms with Crippen molar-refractivity contribution >= 4 is 11.6 Å². The van der Waals surface area contributed by atoms with Gasteiger partial charge >= 0.3 is 0 Å². The molecular weight excluding hydrogens is 425 g/mol. The molecule has 1 N–H and O–H groups in total. The maximum Gasteiger partial charge on any atom is 0.258 e. The van der Waals surface area contributed by atoms with Crippen LogP contribution in [0.1, 0.15) is 11.8 Å². The highest BCUT2D eigenvalue weighted by Crippen LogP contribution is 2.25. The number of benzene rings is 2. The van der Waals surface area contributed by atoms with E-state index in [-0.39, 0.29) is 24.3 Å². The van der Waals surface area contributed by atoms with Crippen LogP contribution in [0.25, 0.3) is 0 Å². The van der Waals surface area contributed by atoms with Crippen molar-refractivity contribution in [3.8, 4) is 11.5 Å². The van der Waals surface area contributed by atoms with E-state index < -0.39 is 5.82 Å². The van der Waals surface area contributed by atoms with E-state index >= 15 is 0 Å². The van der Waals surface area contributed by atoms with E-state index in [0.29, 0.717) is 6.54 Å². The fourth-order valence-corrected chi connectivity index (χ4v) is 3.94. The van der Waals surface area contributed by atoms with Gasteiger partial charge in [0.25, 0.3) is 5.91 Å². The first-order valence-electron chi connectivity index (χ1n) is 10.9. The number of rotatable bonds is 9. The van der Waals surface area contributed by atoms with Crippen LogP contribution >= 0.6 is 0 Å². The minimum absolute atomic E-state index is 0.0601. The lowest BCUT2D eigenvalue weighted by Crippen LogP contribution is -2.50. The number of nitrogens with one attached hydrogen (secondary N) is 1. The highest BCUT2D eigenvalue weighted by atomic mass is 19.1. The Hall–Kier alpha value is -3.52. The number of methoxy groups -OCH3 is 1. The van der Waals surface area contributed by atoms with E-state index in [0.717, 1.165) is 43.4 Å². The molecule has 4 rings (SSSR count). The Morgan fingerprint density at radius 3 is 2.48 bits per heavy atom. The third-order valence-corrected chi connectivity index (χ3v) is 5.75. The molecule has 1 saturated heterocycles. The molecule has 7 nitrogen and oxygen atoms in total. The summed E-state index contributed by atoms with van der Waals surface area (Å²) in [5.74, 6) is 0.887. The van der Waals surface area contributed by atoms with Crippen molar-refractivity contribution < 1.29 is 23.1 Å². The number of ether oxygens (including phenoxy) is 2. The summed E-state index contributed by atoms with van der Waals surface area (Å²) < 4.78 is 29.9. The van der Waals surface area contributed by atoms with Crippen LogP contribution in [0.3, 0.4) is 0 Å². The Labute approximate surface area is 192 Å². The van der Waals surface area contributed by atoms with Crippen LogP contribution < -0.4 is 19.7 Å². The summed E-state index contributed by atoms with van der Waals surface area (Å²) in [5.41, 5.74) is 1.16.